The lowest BCUT2D eigenvalue weighted by molar-refractivity contribution is -0.139. The number of thioether (sulfide) groups is 1. The third kappa shape index (κ3) is 4.70. The van der Waals surface area contributed by atoms with Crippen molar-refractivity contribution in [3.05, 3.63) is 28.8 Å². The molecule has 124 valence electrons. The van der Waals surface area contributed by atoms with Gasteiger partial charge in [0.1, 0.15) is 11.9 Å². The molecule has 0 amide bonds. The van der Waals surface area contributed by atoms with E-state index in [1.807, 2.05) is 6.92 Å². The number of hydrogen-bond donors (Lipinski definition) is 1. The van der Waals surface area contributed by atoms with E-state index in [0.717, 1.165) is 31.3 Å². The fraction of sp³-hybridized carbons (Fsp3) is 0.600. The predicted molar refractivity (Wildman–Crippen MR) is 84.8 cm³/mol. The van der Waals surface area contributed by atoms with Gasteiger partial charge < -0.3 is 10.1 Å². The van der Waals surface area contributed by atoms with E-state index in [0.29, 0.717) is 5.75 Å². The molecule has 0 bridgehead atoms. The number of halogens is 4. The second-order valence-electron chi connectivity index (χ2n) is 5.21. The third-order valence-electron chi connectivity index (χ3n) is 3.64. The zero-order valence-corrected chi connectivity index (χ0v) is 13.8. The molecule has 2 rings (SSSR count). The van der Waals surface area contributed by atoms with E-state index in [2.05, 4.69) is 5.32 Å². The molecule has 1 saturated heterocycles. The molecule has 0 unspecified atom stereocenters. The molecule has 0 aromatic heterocycles. The van der Waals surface area contributed by atoms with Gasteiger partial charge in [-0.1, -0.05) is 18.5 Å². The molecule has 0 saturated carbocycles. The Morgan fingerprint density at radius 2 is 2.23 bits per heavy atom. The van der Waals surface area contributed by atoms with Crippen LogP contribution in [0.25, 0.3) is 0 Å². The van der Waals surface area contributed by atoms with Crippen LogP contribution in [0.2, 0.25) is 5.02 Å². The third-order valence-corrected chi connectivity index (χ3v) is 4.84. The molecule has 1 fully saturated rings. The van der Waals surface area contributed by atoms with Crippen molar-refractivity contribution in [1.82, 2.24) is 5.32 Å². The van der Waals surface area contributed by atoms with Gasteiger partial charge >= 0.3 is 6.18 Å². The van der Waals surface area contributed by atoms with Crippen LogP contribution in [-0.2, 0) is 6.18 Å². The van der Waals surface area contributed by atoms with E-state index < -0.39 is 11.7 Å². The minimum Gasteiger partial charge on any atom is -0.489 e. The average Bonchev–Trinajstić information content (AvgIpc) is 2.98. The number of hydrogen-bond acceptors (Lipinski definition) is 3. The van der Waals surface area contributed by atoms with Crippen LogP contribution >= 0.6 is 23.4 Å². The van der Waals surface area contributed by atoms with Crippen molar-refractivity contribution >= 4 is 23.4 Å². The van der Waals surface area contributed by atoms with Crippen LogP contribution in [0.1, 0.15) is 18.9 Å². The first-order valence-corrected chi connectivity index (χ1v) is 8.77. The molecule has 1 heterocycles. The van der Waals surface area contributed by atoms with E-state index in [4.69, 9.17) is 16.3 Å². The van der Waals surface area contributed by atoms with Crippen LogP contribution in [0.15, 0.2) is 18.2 Å². The maximum absolute atomic E-state index is 13.2. The smallest absolute Gasteiger partial charge is 0.420 e. The van der Waals surface area contributed by atoms with Crippen molar-refractivity contribution in [2.75, 3.05) is 24.6 Å². The van der Waals surface area contributed by atoms with Gasteiger partial charge in [-0.3, -0.25) is 0 Å². The molecule has 2 nitrogen and oxygen atoms in total. The molecule has 0 spiro atoms. The standard InChI is InChI=1S/C15H19ClF3NOS/c1-2-22-9-14(10-5-6-20-8-10)21-13-4-3-11(16)7-12(13)15(17,18)19/h3-4,7,10,14,20H,2,5-6,8-9H2,1H3/t10-,14-/m0/s1. The summed E-state index contributed by atoms with van der Waals surface area (Å²) in [5.74, 6) is 1.69. The Bertz CT molecular complexity index is 492. The summed E-state index contributed by atoms with van der Waals surface area (Å²) >= 11 is 7.38. The summed E-state index contributed by atoms with van der Waals surface area (Å²) in [5, 5.41) is 3.29. The topological polar surface area (TPSA) is 21.3 Å². The Labute approximate surface area is 137 Å². The first-order valence-electron chi connectivity index (χ1n) is 7.23. The number of benzene rings is 1. The van der Waals surface area contributed by atoms with E-state index in [1.165, 1.54) is 12.1 Å². The first-order chi connectivity index (χ1) is 10.4. The summed E-state index contributed by atoms with van der Waals surface area (Å²) in [4.78, 5) is 0. The van der Waals surface area contributed by atoms with Gasteiger partial charge in [0.05, 0.1) is 5.56 Å². The molecular formula is C15H19ClF3NOS. The minimum atomic E-state index is -4.48. The molecule has 1 N–H and O–H groups in total. The Morgan fingerprint density at radius 3 is 2.82 bits per heavy atom. The molecule has 1 aromatic carbocycles. The van der Waals surface area contributed by atoms with Crippen molar-refractivity contribution in [3.8, 4) is 5.75 Å². The average molecular weight is 354 g/mol. The van der Waals surface area contributed by atoms with Gasteiger partial charge in [0.25, 0.3) is 0 Å². The Kier molecular flexibility index (Phi) is 6.29. The normalized spacial score (nSPS) is 20.1. The van der Waals surface area contributed by atoms with E-state index >= 15 is 0 Å². The first kappa shape index (κ1) is 17.8. The maximum atomic E-state index is 13.2. The molecular weight excluding hydrogens is 335 g/mol. The zero-order chi connectivity index (χ0) is 16.2. The number of nitrogens with one attached hydrogen (secondary N) is 1. The van der Waals surface area contributed by atoms with Crippen LogP contribution in [0.3, 0.4) is 0 Å². The molecule has 1 aromatic rings. The van der Waals surface area contributed by atoms with Crippen LogP contribution in [-0.4, -0.2) is 30.7 Å². The van der Waals surface area contributed by atoms with Crippen LogP contribution < -0.4 is 10.1 Å². The predicted octanol–water partition coefficient (Wildman–Crippen LogP) is 4.47. The van der Waals surface area contributed by atoms with Crippen LogP contribution in [0, 0.1) is 5.92 Å². The molecule has 1 aliphatic rings. The summed E-state index contributed by atoms with van der Waals surface area (Å²) in [6.07, 6.45) is -3.79. The second kappa shape index (κ2) is 7.79. The fourth-order valence-electron chi connectivity index (χ4n) is 2.48. The van der Waals surface area contributed by atoms with Gasteiger partial charge in [0.2, 0.25) is 0 Å². The Morgan fingerprint density at radius 1 is 1.45 bits per heavy atom. The molecule has 0 radical (unpaired) electrons. The lowest BCUT2D eigenvalue weighted by Gasteiger charge is -2.26. The lowest BCUT2D eigenvalue weighted by Crippen LogP contribution is -2.32. The highest BCUT2D eigenvalue weighted by Gasteiger charge is 2.36. The van der Waals surface area contributed by atoms with E-state index in [-0.39, 0.29) is 22.8 Å². The van der Waals surface area contributed by atoms with Crippen LogP contribution in [0.4, 0.5) is 13.2 Å². The number of ether oxygens (including phenoxy) is 1. The largest absolute Gasteiger partial charge is 0.489 e. The molecule has 0 aliphatic carbocycles. The van der Waals surface area contributed by atoms with Crippen molar-refractivity contribution in [1.29, 1.82) is 0 Å². The highest BCUT2D eigenvalue weighted by molar-refractivity contribution is 7.99. The lowest BCUT2D eigenvalue weighted by atomic mass is 10.0. The second-order valence-corrected chi connectivity index (χ2v) is 6.96. The highest BCUT2D eigenvalue weighted by Crippen LogP contribution is 2.39. The summed E-state index contributed by atoms with van der Waals surface area (Å²) in [6, 6.07) is 3.67. The van der Waals surface area contributed by atoms with Gasteiger partial charge in [-0.05, 0) is 36.9 Å². The van der Waals surface area contributed by atoms with Gasteiger partial charge in [-0.15, -0.1) is 0 Å². The zero-order valence-electron chi connectivity index (χ0n) is 12.3. The Balaban J connectivity index is 2.21. The van der Waals surface area contributed by atoms with Crippen molar-refractivity contribution in [3.63, 3.8) is 0 Å². The van der Waals surface area contributed by atoms with Crippen molar-refractivity contribution < 1.29 is 17.9 Å². The quantitative estimate of drug-likeness (QED) is 0.815. The Hall–Kier alpha value is -0.590. The molecule has 7 heteroatoms. The highest BCUT2D eigenvalue weighted by atomic mass is 35.5. The molecule has 1 aliphatic heterocycles. The van der Waals surface area contributed by atoms with E-state index in [1.54, 1.807) is 11.8 Å². The minimum absolute atomic E-state index is 0.0571. The molecule has 2 atom stereocenters. The monoisotopic (exact) mass is 353 g/mol. The van der Waals surface area contributed by atoms with Gasteiger partial charge in [-0.25, -0.2) is 0 Å². The summed E-state index contributed by atoms with van der Waals surface area (Å²) < 4.78 is 45.2. The maximum Gasteiger partial charge on any atom is 0.420 e. The van der Waals surface area contributed by atoms with E-state index in [9.17, 15) is 13.2 Å². The van der Waals surface area contributed by atoms with Gasteiger partial charge in [0.15, 0.2) is 0 Å². The summed E-state index contributed by atoms with van der Waals surface area (Å²) in [6.45, 7) is 3.69. The fourth-order valence-corrected chi connectivity index (χ4v) is 3.46. The summed E-state index contributed by atoms with van der Waals surface area (Å²) in [5.41, 5.74) is -0.808. The number of rotatable bonds is 6. The van der Waals surface area contributed by atoms with Crippen molar-refractivity contribution in [2.45, 2.75) is 25.6 Å². The SMILES string of the molecule is CCSC[C@H](Oc1ccc(Cl)cc1C(F)(F)F)[C@H]1CCNC1. The summed E-state index contributed by atoms with van der Waals surface area (Å²) in [7, 11) is 0. The van der Waals surface area contributed by atoms with Gasteiger partial charge in [0, 0.05) is 23.2 Å². The molecule has 22 heavy (non-hydrogen) atoms. The van der Waals surface area contributed by atoms with Crippen LogP contribution in [0.5, 0.6) is 5.75 Å². The van der Waals surface area contributed by atoms with Crippen molar-refractivity contribution in [2.24, 2.45) is 5.92 Å². The number of alkyl halides is 3. The van der Waals surface area contributed by atoms with Gasteiger partial charge in [-0.2, -0.15) is 24.9 Å².